The molecule has 4 nitrogen and oxygen atoms in total. The van der Waals surface area contributed by atoms with Crippen molar-refractivity contribution in [1.82, 2.24) is 14.4 Å². The standard InChI is InChI=1S/C22H23ClN4/c1-13(2)19-11-24-22-21(26-20(23)12-27(19)22)25-16-8-7-15-9-14-5-3-4-6-17(14)18(15)10-16/h3-6,11-13,16H,7-10H2,1-2H3,(H,25,26)/t16-/m1/s1. The van der Waals surface area contributed by atoms with Gasteiger partial charge in [-0.05, 0) is 48.3 Å². The number of nitrogens with one attached hydrogen (secondary N) is 1. The molecule has 0 fully saturated rings. The van der Waals surface area contributed by atoms with Crippen molar-refractivity contribution < 1.29 is 0 Å². The predicted octanol–water partition coefficient (Wildman–Crippen LogP) is 5.48. The van der Waals surface area contributed by atoms with Crippen molar-refractivity contribution in [2.24, 2.45) is 0 Å². The SMILES string of the molecule is CC(C)c1cnc2c(N[C@@H]3CCC4=C(C3)c3ccccc3C4)nc(Cl)cn12. The van der Waals surface area contributed by atoms with Crippen LogP contribution in [-0.2, 0) is 6.42 Å². The zero-order chi connectivity index (χ0) is 18.5. The molecule has 27 heavy (non-hydrogen) atoms. The fourth-order valence-corrected chi connectivity index (χ4v) is 4.69. The molecule has 0 unspecified atom stereocenters. The molecule has 1 atom stereocenters. The number of anilines is 1. The lowest BCUT2D eigenvalue weighted by Gasteiger charge is -2.26. The molecule has 0 spiro atoms. The first-order valence-electron chi connectivity index (χ1n) is 9.69. The Labute approximate surface area is 164 Å². The van der Waals surface area contributed by atoms with E-state index in [1.807, 2.05) is 12.4 Å². The van der Waals surface area contributed by atoms with Gasteiger partial charge in [-0.2, -0.15) is 0 Å². The third-order valence-corrected chi connectivity index (χ3v) is 6.02. The largest absolute Gasteiger partial charge is 0.364 e. The molecule has 0 saturated heterocycles. The van der Waals surface area contributed by atoms with E-state index in [1.54, 1.807) is 5.57 Å². The average Bonchev–Trinajstić information content (AvgIpc) is 3.23. The van der Waals surface area contributed by atoms with Crippen molar-refractivity contribution in [1.29, 1.82) is 0 Å². The van der Waals surface area contributed by atoms with E-state index >= 15 is 0 Å². The third-order valence-electron chi connectivity index (χ3n) is 5.84. The molecule has 1 aromatic carbocycles. The Morgan fingerprint density at radius 2 is 2.11 bits per heavy atom. The Balaban J connectivity index is 1.45. The first kappa shape index (κ1) is 16.8. The molecule has 138 valence electrons. The maximum absolute atomic E-state index is 6.32. The lowest BCUT2D eigenvalue weighted by Crippen LogP contribution is -2.24. The van der Waals surface area contributed by atoms with E-state index in [-0.39, 0.29) is 0 Å². The third kappa shape index (κ3) is 2.83. The second kappa shape index (κ2) is 6.38. The second-order valence-electron chi connectivity index (χ2n) is 7.94. The van der Waals surface area contributed by atoms with Crippen LogP contribution >= 0.6 is 11.6 Å². The molecule has 2 aliphatic carbocycles. The molecule has 0 bridgehead atoms. The zero-order valence-corrected chi connectivity index (χ0v) is 16.4. The van der Waals surface area contributed by atoms with Gasteiger partial charge in [0.2, 0.25) is 0 Å². The minimum absolute atomic E-state index is 0.351. The van der Waals surface area contributed by atoms with Crippen molar-refractivity contribution in [3.8, 4) is 0 Å². The molecule has 0 radical (unpaired) electrons. The van der Waals surface area contributed by atoms with E-state index in [0.717, 1.165) is 42.8 Å². The van der Waals surface area contributed by atoms with Crippen LogP contribution in [0.4, 0.5) is 5.82 Å². The van der Waals surface area contributed by atoms with Crippen molar-refractivity contribution >= 4 is 28.6 Å². The van der Waals surface area contributed by atoms with Gasteiger partial charge in [-0.1, -0.05) is 55.3 Å². The Kier molecular flexibility index (Phi) is 3.97. The summed E-state index contributed by atoms with van der Waals surface area (Å²) in [6.45, 7) is 4.33. The van der Waals surface area contributed by atoms with Crippen molar-refractivity contribution in [3.05, 3.63) is 64.2 Å². The number of hydrogen-bond donors (Lipinski definition) is 1. The molecule has 1 N–H and O–H groups in total. The van der Waals surface area contributed by atoms with E-state index in [4.69, 9.17) is 11.6 Å². The highest BCUT2D eigenvalue weighted by Crippen LogP contribution is 2.42. The fourth-order valence-electron chi connectivity index (χ4n) is 4.50. The first-order valence-corrected chi connectivity index (χ1v) is 10.1. The van der Waals surface area contributed by atoms with Crippen LogP contribution in [0.2, 0.25) is 5.15 Å². The summed E-state index contributed by atoms with van der Waals surface area (Å²) in [6, 6.07) is 9.16. The number of rotatable bonds is 3. The van der Waals surface area contributed by atoms with Crippen LogP contribution in [-0.4, -0.2) is 20.4 Å². The number of benzene rings is 1. The average molecular weight is 379 g/mol. The highest BCUT2D eigenvalue weighted by Gasteiger charge is 2.28. The molecule has 0 aliphatic heterocycles. The summed E-state index contributed by atoms with van der Waals surface area (Å²) in [6.07, 6.45) is 8.20. The molecule has 5 heteroatoms. The summed E-state index contributed by atoms with van der Waals surface area (Å²) < 4.78 is 2.07. The summed E-state index contributed by atoms with van der Waals surface area (Å²) in [5.74, 6) is 1.17. The zero-order valence-electron chi connectivity index (χ0n) is 15.7. The minimum atomic E-state index is 0.351. The van der Waals surface area contributed by atoms with Crippen LogP contribution in [0.1, 0.15) is 55.8 Å². The van der Waals surface area contributed by atoms with Gasteiger partial charge in [-0.3, -0.25) is 4.40 Å². The van der Waals surface area contributed by atoms with Crippen LogP contribution < -0.4 is 5.32 Å². The summed E-state index contributed by atoms with van der Waals surface area (Å²) in [7, 11) is 0. The Morgan fingerprint density at radius 3 is 2.96 bits per heavy atom. The van der Waals surface area contributed by atoms with Gasteiger partial charge in [0.25, 0.3) is 0 Å². The van der Waals surface area contributed by atoms with Gasteiger partial charge in [-0.15, -0.1) is 0 Å². The van der Waals surface area contributed by atoms with Crippen LogP contribution in [0.15, 0.2) is 42.2 Å². The molecule has 0 saturated carbocycles. The van der Waals surface area contributed by atoms with Gasteiger partial charge in [0, 0.05) is 24.1 Å². The molecule has 5 rings (SSSR count). The van der Waals surface area contributed by atoms with Crippen LogP contribution in [0, 0.1) is 0 Å². The summed E-state index contributed by atoms with van der Waals surface area (Å²) in [5, 5.41) is 4.14. The topological polar surface area (TPSA) is 42.2 Å². The quantitative estimate of drug-likeness (QED) is 0.656. The van der Waals surface area contributed by atoms with Crippen molar-refractivity contribution in [2.75, 3.05) is 5.32 Å². The van der Waals surface area contributed by atoms with Gasteiger partial charge in [0.15, 0.2) is 11.5 Å². The highest BCUT2D eigenvalue weighted by atomic mass is 35.5. The van der Waals surface area contributed by atoms with Crippen LogP contribution in [0.3, 0.4) is 0 Å². The molecule has 2 aromatic heterocycles. The smallest absolute Gasteiger partial charge is 0.180 e. The van der Waals surface area contributed by atoms with E-state index in [2.05, 4.69) is 57.8 Å². The van der Waals surface area contributed by atoms with E-state index in [0.29, 0.717) is 17.1 Å². The van der Waals surface area contributed by atoms with Crippen molar-refractivity contribution in [2.45, 2.75) is 51.5 Å². The van der Waals surface area contributed by atoms with Gasteiger partial charge < -0.3 is 5.32 Å². The summed E-state index contributed by atoms with van der Waals surface area (Å²) >= 11 is 6.32. The lowest BCUT2D eigenvalue weighted by atomic mass is 9.88. The van der Waals surface area contributed by atoms with E-state index in [1.165, 1.54) is 16.7 Å². The van der Waals surface area contributed by atoms with Crippen molar-refractivity contribution in [3.63, 3.8) is 0 Å². The molecule has 3 aromatic rings. The number of halogens is 1. The number of allylic oxidation sites excluding steroid dienone is 1. The molecular weight excluding hydrogens is 356 g/mol. The van der Waals surface area contributed by atoms with Gasteiger partial charge >= 0.3 is 0 Å². The summed E-state index contributed by atoms with van der Waals surface area (Å²) in [4.78, 5) is 9.17. The second-order valence-corrected chi connectivity index (χ2v) is 8.33. The van der Waals surface area contributed by atoms with E-state index < -0.39 is 0 Å². The number of nitrogens with zero attached hydrogens (tertiary/aromatic N) is 3. The normalized spacial score (nSPS) is 18.9. The predicted molar refractivity (Wildman–Crippen MR) is 110 cm³/mol. The molecule has 2 heterocycles. The molecular formula is C22H23ClN4. The fraction of sp³-hybridized carbons (Fsp3) is 0.364. The number of hydrogen-bond acceptors (Lipinski definition) is 3. The van der Waals surface area contributed by atoms with Crippen LogP contribution in [0.5, 0.6) is 0 Å². The lowest BCUT2D eigenvalue weighted by molar-refractivity contribution is 0.632. The van der Waals surface area contributed by atoms with Gasteiger partial charge in [0.1, 0.15) is 5.15 Å². The molecule has 0 amide bonds. The first-order chi connectivity index (χ1) is 13.1. The number of aromatic nitrogens is 3. The maximum Gasteiger partial charge on any atom is 0.180 e. The van der Waals surface area contributed by atoms with Gasteiger partial charge in [-0.25, -0.2) is 9.97 Å². The van der Waals surface area contributed by atoms with E-state index in [9.17, 15) is 0 Å². The van der Waals surface area contributed by atoms with Crippen LogP contribution in [0.25, 0.3) is 11.2 Å². The number of fused-ring (bicyclic) bond motifs is 3. The molecule has 2 aliphatic rings. The Morgan fingerprint density at radius 1 is 1.26 bits per heavy atom. The minimum Gasteiger partial charge on any atom is -0.364 e. The summed E-state index contributed by atoms with van der Waals surface area (Å²) in [5.41, 5.74) is 8.05. The Bertz CT molecular complexity index is 1060. The Hall–Kier alpha value is -2.33. The van der Waals surface area contributed by atoms with Gasteiger partial charge in [0.05, 0.1) is 0 Å². The monoisotopic (exact) mass is 378 g/mol. The number of imidazole rings is 1. The maximum atomic E-state index is 6.32. The highest BCUT2D eigenvalue weighted by molar-refractivity contribution is 6.29.